The number of nitrogens with zero attached hydrogens (tertiary/aromatic N) is 1. The molecule has 0 N–H and O–H groups in total. The van der Waals surface area contributed by atoms with Crippen LogP contribution in [0.15, 0.2) is 24.3 Å². The molecule has 1 aromatic carbocycles. The highest BCUT2D eigenvalue weighted by Gasteiger charge is 2.48. The normalized spacial score (nSPS) is 41.5. The lowest BCUT2D eigenvalue weighted by molar-refractivity contribution is -0.929. The molecule has 4 aliphatic rings. The highest BCUT2D eigenvalue weighted by Crippen LogP contribution is 2.42. The molecule has 2 bridgehead atoms. The van der Waals surface area contributed by atoms with E-state index >= 15 is 0 Å². The number of piperidine rings is 3. The fourth-order valence-electron chi connectivity index (χ4n) is 4.35. The van der Waals surface area contributed by atoms with Crippen molar-refractivity contribution in [2.24, 2.45) is 11.8 Å². The first-order chi connectivity index (χ1) is 8.73. The van der Waals surface area contributed by atoms with E-state index in [1.54, 1.807) is 0 Å². The molecule has 4 aliphatic heterocycles. The number of quaternary nitrogens is 1. The molecule has 5 rings (SSSR count). The van der Waals surface area contributed by atoms with E-state index in [0.29, 0.717) is 6.10 Å². The quantitative estimate of drug-likeness (QED) is 0.690. The minimum absolute atomic E-state index is 0.449. The second-order valence-corrected chi connectivity index (χ2v) is 6.72. The van der Waals surface area contributed by atoms with E-state index in [1.165, 1.54) is 42.5 Å². The maximum atomic E-state index is 6.23. The summed E-state index contributed by atoms with van der Waals surface area (Å²) in [6.07, 6.45) is 4.41. The summed E-state index contributed by atoms with van der Waals surface area (Å²) in [6.45, 7) is 4.12. The van der Waals surface area contributed by atoms with Gasteiger partial charge in [0.1, 0.15) is 11.9 Å². The van der Waals surface area contributed by atoms with Gasteiger partial charge in [-0.15, -0.1) is 0 Å². The fourth-order valence-corrected chi connectivity index (χ4v) is 4.35. The van der Waals surface area contributed by atoms with E-state index in [0.717, 1.165) is 24.0 Å². The van der Waals surface area contributed by atoms with Crippen LogP contribution in [0.5, 0.6) is 5.75 Å². The molecule has 4 heterocycles. The van der Waals surface area contributed by atoms with E-state index in [9.17, 15) is 0 Å². The van der Waals surface area contributed by atoms with Crippen LogP contribution in [0, 0.1) is 11.8 Å². The number of para-hydroxylation sites is 1. The minimum atomic E-state index is 0.449. The molecule has 2 heteroatoms. The Morgan fingerprint density at radius 1 is 1.17 bits per heavy atom. The second kappa shape index (κ2) is 3.74. The molecule has 0 aromatic heterocycles. The van der Waals surface area contributed by atoms with E-state index < -0.39 is 0 Å². The molecule has 0 aliphatic carbocycles. The molecule has 0 spiro atoms. The molecule has 0 unspecified atom stereocenters. The lowest BCUT2D eigenvalue weighted by Gasteiger charge is -2.51. The third kappa shape index (κ3) is 1.58. The van der Waals surface area contributed by atoms with E-state index in [2.05, 4.69) is 31.3 Å². The van der Waals surface area contributed by atoms with Crippen molar-refractivity contribution in [2.45, 2.75) is 25.4 Å². The van der Waals surface area contributed by atoms with Crippen molar-refractivity contribution in [1.29, 1.82) is 0 Å². The first-order valence-electron chi connectivity index (χ1n) is 7.32. The summed E-state index contributed by atoms with van der Waals surface area (Å²) < 4.78 is 7.52. The minimum Gasteiger partial charge on any atom is -0.489 e. The Labute approximate surface area is 109 Å². The molecular weight excluding hydrogens is 222 g/mol. The van der Waals surface area contributed by atoms with Crippen LogP contribution in [0.25, 0.3) is 0 Å². The molecular formula is C16H22NO+. The number of ether oxygens (including phenoxy) is 1. The standard InChI is InChI=1S/C16H22NO/c1-17-8-6-12(7-9-17)14(11-17)16-10-13-4-2-3-5-15(13)18-16/h2-5,12,14,16H,6-11H2,1H3/q+1/t12?,14-,16+,17?/m1/s1. The lowest BCUT2D eigenvalue weighted by Crippen LogP contribution is -2.61. The van der Waals surface area contributed by atoms with Gasteiger partial charge in [0.25, 0.3) is 0 Å². The molecule has 1 aromatic rings. The SMILES string of the molecule is C[N+]12CCC(CC1)[C@H]([C@@H]1Cc3ccccc3O1)C2. The molecule has 18 heavy (non-hydrogen) atoms. The monoisotopic (exact) mass is 244 g/mol. The van der Waals surface area contributed by atoms with Gasteiger partial charge in [0.15, 0.2) is 0 Å². The van der Waals surface area contributed by atoms with Crippen molar-refractivity contribution in [3.63, 3.8) is 0 Å². The number of fused-ring (bicyclic) bond motifs is 4. The van der Waals surface area contributed by atoms with Crippen LogP contribution >= 0.6 is 0 Å². The number of hydrogen-bond donors (Lipinski definition) is 0. The first kappa shape index (κ1) is 10.9. The highest BCUT2D eigenvalue weighted by atomic mass is 16.5. The highest BCUT2D eigenvalue weighted by molar-refractivity contribution is 5.37. The average molecular weight is 244 g/mol. The van der Waals surface area contributed by atoms with Crippen LogP contribution in [-0.4, -0.2) is 37.3 Å². The summed E-state index contributed by atoms with van der Waals surface area (Å²) in [5, 5.41) is 0. The van der Waals surface area contributed by atoms with Gasteiger partial charge in [0.05, 0.1) is 26.7 Å². The van der Waals surface area contributed by atoms with E-state index in [-0.39, 0.29) is 0 Å². The van der Waals surface area contributed by atoms with Gasteiger partial charge in [0.2, 0.25) is 0 Å². The molecule has 3 fully saturated rings. The van der Waals surface area contributed by atoms with Crippen molar-refractivity contribution in [3.05, 3.63) is 29.8 Å². The predicted octanol–water partition coefficient (Wildman–Crippen LogP) is 2.48. The molecule has 96 valence electrons. The van der Waals surface area contributed by atoms with Gasteiger partial charge >= 0.3 is 0 Å². The van der Waals surface area contributed by atoms with E-state index in [4.69, 9.17) is 4.74 Å². The van der Waals surface area contributed by atoms with Gasteiger partial charge in [-0.25, -0.2) is 0 Å². The van der Waals surface area contributed by atoms with Crippen molar-refractivity contribution < 1.29 is 9.22 Å². The Kier molecular flexibility index (Phi) is 2.25. The van der Waals surface area contributed by atoms with Crippen molar-refractivity contribution in [1.82, 2.24) is 0 Å². The van der Waals surface area contributed by atoms with Gasteiger partial charge in [-0.1, -0.05) is 18.2 Å². The number of hydrogen-bond acceptors (Lipinski definition) is 1. The Hall–Kier alpha value is -1.02. The Bertz CT molecular complexity index is 437. The molecule has 0 radical (unpaired) electrons. The summed E-state index contributed by atoms with van der Waals surface area (Å²) >= 11 is 0. The number of benzene rings is 1. The summed E-state index contributed by atoms with van der Waals surface area (Å²) in [4.78, 5) is 0. The molecule has 0 saturated carbocycles. The zero-order valence-corrected chi connectivity index (χ0v) is 11.1. The summed E-state index contributed by atoms with van der Waals surface area (Å²) in [7, 11) is 2.43. The molecule has 3 saturated heterocycles. The van der Waals surface area contributed by atoms with Crippen molar-refractivity contribution in [2.75, 3.05) is 26.7 Å². The first-order valence-corrected chi connectivity index (χ1v) is 7.32. The molecule has 0 amide bonds. The van der Waals surface area contributed by atoms with Crippen LogP contribution in [0.3, 0.4) is 0 Å². The Morgan fingerprint density at radius 2 is 1.94 bits per heavy atom. The second-order valence-electron chi connectivity index (χ2n) is 6.72. The van der Waals surface area contributed by atoms with Crippen LogP contribution < -0.4 is 4.74 Å². The Morgan fingerprint density at radius 3 is 2.67 bits per heavy atom. The van der Waals surface area contributed by atoms with Crippen molar-refractivity contribution >= 4 is 0 Å². The van der Waals surface area contributed by atoms with Crippen LogP contribution in [0.2, 0.25) is 0 Å². The maximum Gasteiger partial charge on any atom is 0.123 e. The summed E-state index contributed by atoms with van der Waals surface area (Å²) in [6, 6.07) is 8.58. The van der Waals surface area contributed by atoms with Crippen LogP contribution in [0.1, 0.15) is 18.4 Å². The average Bonchev–Trinajstić information content (AvgIpc) is 2.82. The van der Waals surface area contributed by atoms with E-state index in [1.807, 2.05) is 0 Å². The maximum absolute atomic E-state index is 6.23. The van der Waals surface area contributed by atoms with Gasteiger partial charge in [-0.05, 0) is 17.5 Å². The largest absolute Gasteiger partial charge is 0.489 e. The molecule has 2 atom stereocenters. The number of rotatable bonds is 1. The molecule has 2 nitrogen and oxygen atoms in total. The van der Waals surface area contributed by atoms with Gasteiger partial charge in [-0.3, -0.25) is 0 Å². The lowest BCUT2D eigenvalue weighted by atomic mass is 9.74. The van der Waals surface area contributed by atoms with Gasteiger partial charge in [-0.2, -0.15) is 0 Å². The fraction of sp³-hybridized carbons (Fsp3) is 0.625. The van der Waals surface area contributed by atoms with Crippen LogP contribution in [-0.2, 0) is 6.42 Å². The van der Waals surface area contributed by atoms with Gasteiger partial charge in [0, 0.05) is 25.2 Å². The third-order valence-electron chi connectivity index (χ3n) is 5.49. The summed E-state index contributed by atoms with van der Waals surface area (Å²) in [5.41, 5.74) is 1.42. The van der Waals surface area contributed by atoms with Gasteiger partial charge < -0.3 is 9.22 Å². The topological polar surface area (TPSA) is 9.23 Å². The third-order valence-corrected chi connectivity index (χ3v) is 5.49. The smallest absolute Gasteiger partial charge is 0.123 e. The zero-order valence-electron chi connectivity index (χ0n) is 11.1. The predicted molar refractivity (Wildman–Crippen MR) is 71.6 cm³/mol. The van der Waals surface area contributed by atoms with Crippen LogP contribution in [0.4, 0.5) is 0 Å². The summed E-state index contributed by atoms with van der Waals surface area (Å²) in [5.74, 6) is 2.84. The Balaban J connectivity index is 1.56. The van der Waals surface area contributed by atoms with Crippen molar-refractivity contribution in [3.8, 4) is 5.75 Å². The zero-order chi connectivity index (χ0) is 12.2.